The molecule has 30 heavy (non-hydrogen) atoms. The molecular formula is C27H35NO2. The normalized spacial score (nSPS) is 45.6. The smallest absolute Gasteiger partial charge is 0.156 e. The quantitative estimate of drug-likeness (QED) is 0.765. The molecule has 1 N–H and O–H groups in total. The van der Waals surface area contributed by atoms with Crippen LogP contribution in [0.2, 0.25) is 0 Å². The minimum atomic E-state index is -1.08. The lowest BCUT2D eigenvalue weighted by Gasteiger charge is -2.61. The predicted molar refractivity (Wildman–Crippen MR) is 118 cm³/mol. The minimum Gasteiger partial charge on any atom is -0.373 e. The maximum atomic E-state index is 12.5. The van der Waals surface area contributed by atoms with E-state index in [-0.39, 0.29) is 5.41 Å². The average Bonchev–Trinajstić information content (AvgIpc) is 2.78. The van der Waals surface area contributed by atoms with Gasteiger partial charge in [-0.15, -0.1) is 0 Å². The van der Waals surface area contributed by atoms with Crippen molar-refractivity contribution in [3.05, 3.63) is 35.9 Å². The molecule has 0 amide bonds. The van der Waals surface area contributed by atoms with Crippen molar-refractivity contribution in [1.82, 2.24) is 4.90 Å². The van der Waals surface area contributed by atoms with E-state index in [9.17, 15) is 5.11 Å². The first-order valence-electron chi connectivity index (χ1n) is 12.1. The summed E-state index contributed by atoms with van der Waals surface area (Å²) in [6.07, 6.45) is 9.83. The number of nitrogens with zero attached hydrogens (tertiary/aromatic N) is 1. The summed E-state index contributed by atoms with van der Waals surface area (Å²) in [7, 11) is 1.82. The van der Waals surface area contributed by atoms with Crippen LogP contribution in [-0.4, -0.2) is 42.4 Å². The van der Waals surface area contributed by atoms with Gasteiger partial charge in [-0.05, 0) is 87.8 Å². The molecule has 7 fully saturated rings. The molecule has 3 aliphatic heterocycles. The Morgan fingerprint density at radius 1 is 1.00 bits per heavy atom. The Hall–Kier alpha value is -1.34. The third-order valence-corrected chi connectivity index (χ3v) is 9.52. The zero-order chi connectivity index (χ0) is 20.4. The van der Waals surface area contributed by atoms with Gasteiger partial charge in [-0.1, -0.05) is 42.2 Å². The van der Waals surface area contributed by atoms with Crippen LogP contribution in [0.4, 0.5) is 0 Å². The molecule has 4 aliphatic carbocycles. The maximum absolute atomic E-state index is 12.5. The van der Waals surface area contributed by atoms with Crippen LogP contribution in [0.3, 0.4) is 0 Å². The van der Waals surface area contributed by atoms with Crippen molar-refractivity contribution >= 4 is 0 Å². The molecule has 1 aromatic rings. The standard InChI is InChI=1S/C27H35NO2/c1-30-26(19-28-11-7-23(26)8-12-28)9-10-27(29,24-5-3-2-4-6-24)25-16-20-13-21(17-25)15-22(14-20)18-25/h2-6,20-23,29H,7-8,11-19H2,1H3/t20?,21?,22?,25?,26-,27?/m1/s1. The summed E-state index contributed by atoms with van der Waals surface area (Å²) < 4.78 is 6.14. The summed E-state index contributed by atoms with van der Waals surface area (Å²) in [5, 5.41) is 12.5. The molecule has 0 radical (unpaired) electrons. The number of hydrogen-bond acceptors (Lipinski definition) is 3. The fourth-order valence-electron chi connectivity index (χ4n) is 8.38. The highest BCUT2D eigenvalue weighted by Crippen LogP contribution is 2.65. The summed E-state index contributed by atoms with van der Waals surface area (Å²) in [5.74, 6) is 10.0. The lowest BCUT2D eigenvalue weighted by atomic mass is 9.44. The lowest BCUT2D eigenvalue weighted by molar-refractivity contribution is -0.156. The van der Waals surface area contributed by atoms with Gasteiger partial charge >= 0.3 is 0 Å². The molecule has 7 aliphatic rings. The van der Waals surface area contributed by atoms with Crippen LogP contribution in [0, 0.1) is 40.9 Å². The fraction of sp³-hybridized carbons (Fsp3) is 0.704. The molecule has 0 spiro atoms. The van der Waals surface area contributed by atoms with Gasteiger partial charge in [0.1, 0.15) is 5.60 Å². The highest BCUT2D eigenvalue weighted by atomic mass is 16.5. The largest absolute Gasteiger partial charge is 0.373 e. The summed E-state index contributed by atoms with van der Waals surface area (Å²) in [6.45, 7) is 3.21. The number of hydrogen-bond donors (Lipinski definition) is 1. The number of fused-ring (bicyclic) bond motifs is 3. The molecule has 1 aromatic carbocycles. The molecule has 3 heteroatoms. The Morgan fingerprint density at radius 3 is 2.10 bits per heavy atom. The number of piperidine rings is 3. The van der Waals surface area contributed by atoms with Gasteiger partial charge in [-0.3, -0.25) is 4.90 Å². The SMILES string of the molecule is CO[C@]1(C#CC(O)(c2ccccc2)C23CC4CC(CC(C4)C2)C3)CN2CCC1CC2. The van der Waals surface area contributed by atoms with E-state index in [4.69, 9.17) is 4.74 Å². The van der Waals surface area contributed by atoms with E-state index in [1.54, 1.807) is 0 Å². The molecule has 0 aromatic heterocycles. The van der Waals surface area contributed by atoms with Gasteiger partial charge in [0.15, 0.2) is 5.60 Å². The van der Waals surface area contributed by atoms with E-state index in [2.05, 4.69) is 41.0 Å². The third kappa shape index (κ3) is 2.77. The Bertz CT molecular complexity index is 827. The highest BCUT2D eigenvalue weighted by Gasteiger charge is 2.60. The monoisotopic (exact) mass is 405 g/mol. The van der Waals surface area contributed by atoms with Crippen LogP contribution in [0.5, 0.6) is 0 Å². The third-order valence-electron chi connectivity index (χ3n) is 9.52. The zero-order valence-electron chi connectivity index (χ0n) is 18.3. The van der Waals surface area contributed by atoms with Crippen LogP contribution < -0.4 is 0 Å². The average molecular weight is 406 g/mol. The number of rotatable bonds is 3. The van der Waals surface area contributed by atoms with Gasteiger partial charge in [0.2, 0.25) is 0 Å². The first-order valence-corrected chi connectivity index (χ1v) is 12.1. The van der Waals surface area contributed by atoms with Gasteiger partial charge < -0.3 is 9.84 Å². The molecule has 3 heterocycles. The number of ether oxygens (including phenoxy) is 1. The lowest BCUT2D eigenvalue weighted by Crippen LogP contribution is -2.60. The molecule has 1 unspecified atom stereocenters. The minimum absolute atomic E-state index is 0.0982. The van der Waals surface area contributed by atoms with Gasteiger partial charge in [-0.25, -0.2) is 0 Å². The Labute approximate surface area is 181 Å². The Balaban J connectivity index is 1.45. The molecule has 160 valence electrons. The van der Waals surface area contributed by atoms with E-state index in [1.807, 2.05) is 13.2 Å². The van der Waals surface area contributed by atoms with Crippen LogP contribution >= 0.6 is 0 Å². The molecule has 8 rings (SSSR count). The summed E-state index contributed by atoms with van der Waals surface area (Å²) in [5.41, 5.74) is -0.616. The number of aliphatic hydroxyl groups is 1. The van der Waals surface area contributed by atoms with Crippen molar-refractivity contribution < 1.29 is 9.84 Å². The zero-order valence-corrected chi connectivity index (χ0v) is 18.3. The maximum Gasteiger partial charge on any atom is 0.156 e. The first-order chi connectivity index (χ1) is 14.5. The van der Waals surface area contributed by atoms with E-state index in [1.165, 1.54) is 19.3 Å². The van der Waals surface area contributed by atoms with Crippen LogP contribution in [0.1, 0.15) is 56.9 Å². The molecule has 3 saturated heterocycles. The highest BCUT2D eigenvalue weighted by molar-refractivity contribution is 5.39. The Morgan fingerprint density at radius 2 is 1.60 bits per heavy atom. The molecule has 6 bridgehead atoms. The summed E-state index contributed by atoms with van der Waals surface area (Å²) in [4.78, 5) is 2.49. The van der Waals surface area contributed by atoms with Gasteiger partial charge in [0.25, 0.3) is 0 Å². The van der Waals surface area contributed by atoms with Crippen molar-refractivity contribution in [2.45, 2.75) is 62.6 Å². The van der Waals surface area contributed by atoms with E-state index in [0.29, 0.717) is 5.92 Å². The second kappa shape index (κ2) is 6.83. The fourth-order valence-corrected chi connectivity index (χ4v) is 8.38. The van der Waals surface area contributed by atoms with Gasteiger partial charge in [0, 0.05) is 25.0 Å². The summed E-state index contributed by atoms with van der Waals surface area (Å²) in [6, 6.07) is 10.4. The predicted octanol–water partition coefficient (Wildman–Crippen LogP) is 4.20. The van der Waals surface area contributed by atoms with Crippen molar-refractivity contribution in [3.63, 3.8) is 0 Å². The van der Waals surface area contributed by atoms with Crippen molar-refractivity contribution in [2.24, 2.45) is 29.1 Å². The second-order valence-electron chi connectivity index (χ2n) is 11.2. The second-order valence-corrected chi connectivity index (χ2v) is 11.2. The van der Waals surface area contributed by atoms with E-state index < -0.39 is 11.2 Å². The number of benzene rings is 1. The van der Waals surface area contributed by atoms with Crippen molar-refractivity contribution in [3.8, 4) is 11.8 Å². The molecule has 2 atom stereocenters. The van der Waals surface area contributed by atoms with E-state index >= 15 is 0 Å². The van der Waals surface area contributed by atoms with Crippen molar-refractivity contribution in [1.29, 1.82) is 0 Å². The molecule has 3 nitrogen and oxygen atoms in total. The van der Waals surface area contributed by atoms with Gasteiger partial charge in [-0.2, -0.15) is 0 Å². The van der Waals surface area contributed by atoms with E-state index in [0.717, 1.165) is 75.1 Å². The molecule has 4 saturated carbocycles. The topological polar surface area (TPSA) is 32.7 Å². The first kappa shape index (κ1) is 19.4. The van der Waals surface area contributed by atoms with Crippen LogP contribution in [0.25, 0.3) is 0 Å². The van der Waals surface area contributed by atoms with Gasteiger partial charge in [0.05, 0.1) is 0 Å². The van der Waals surface area contributed by atoms with Crippen LogP contribution in [0.15, 0.2) is 30.3 Å². The number of methoxy groups -OCH3 is 1. The van der Waals surface area contributed by atoms with Crippen LogP contribution in [-0.2, 0) is 10.3 Å². The molecular weight excluding hydrogens is 370 g/mol. The summed E-state index contributed by atoms with van der Waals surface area (Å²) >= 11 is 0. The Kier molecular flexibility index (Phi) is 4.40. The van der Waals surface area contributed by atoms with Crippen molar-refractivity contribution in [2.75, 3.05) is 26.7 Å².